The van der Waals surface area contributed by atoms with Gasteiger partial charge < -0.3 is 15.7 Å². The Morgan fingerprint density at radius 2 is 2.25 bits per heavy atom. The summed E-state index contributed by atoms with van der Waals surface area (Å²) in [5, 5.41) is 10.6. The molecular formula is C14H15ClN2O2S. The van der Waals surface area contributed by atoms with Crippen LogP contribution in [0, 0.1) is 0 Å². The van der Waals surface area contributed by atoms with E-state index in [0.717, 1.165) is 22.9 Å². The highest BCUT2D eigenvalue weighted by Crippen LogP contribution is 2.37. The first kappa shape index (κ1) is 13.7. The highest BCUT2D eigenvalue weighted by molar-refractivity contribution is 7.21. The van der Waals surface area contributed by atoms with Crippen molar-refractivity contribution in [1.29, 1.82) is 0 Å². The molecule has 1 aliphatic carbocycles. The predicted octanol–water partition coefficient (Wildman–Crippen LogP) is 2.73. The van der Waals surface area contributed by atoms with Crippen molar-refractivity contribution in [2.45, 2.75) is 18.9 Å². The summed E-state index contributed by atoms with van der Waals surface area (Å²) in [4.78, 5) is 14.9. The number of carbonyl (C=O) groups excluding carboxylic acids is 1. The van der Waals surface area contributed by atoms with Crippen molar-refractivity contribution in [1.82, 2.24) is 4.90 Å². The lowest BCUT2D eigenvalue weighted by molar-refractivity contribution is 0.0713. The van der Waals surface area contributed by atoms with Gasteiger partial charge in [-0.25, -0.2) is 0 Å². The number of amides is 1. The maximum atomic E-state index is 12.6. The number of halogens is 1. The average Bonchev–Trinajstić information content (AvgIpc) is 3.20. The maximum absolute atomic E-state index is 12.6. The molecule has 1 aromatic carbocycles. The Morgan fingerprint density at radius 1 is 1.50 bits per heavy atom. The molecule has 0 saturated heterocycles. The number of nitrogens with two attached hydrogens (primary N) is 1. The van der Waals surface area contributed by atoms with E-state index in [0.29, 0.717) is 22.1 Å². The Hall–Kier alpha value is -1.30. The van der Waals surface area contributed by atoms with Crippen LogP contribution in [0.2, 0.25) is 5.02 Å². The minimum Gasteiger partial charge on any atom is -0.397 e. The van der Waals surface area contributed by atoms with E-state index < -0.39 is 0 Å². The zero-order chi connectivity index (χ0) is 14.3. The van der Waals surface area contributed by atoms with Crippen molar-refractivity contribution >= 4 is 44.6 Å². The number of hydrogen-bond donors (Lipinski definition) is 2. The van der Waals surface area contributed by atoms with E-state index in [9.17, 15) is 4.79 Å². The van der Waals surface area contributed by atoms with Gasteiger partial charge in [0, 0.05) is 27.7 Å². The van der Waals surface area contributed by atoms with Gasteiger partial charge in [-0.05, 0) is 31.0 Å². The van der Waals surface area contributed by atoms with Crippen LogP contribution >= 0.6 is 22.9 Å². The number of nitrogen functional groups attached to an aromatic ring is 1. The number of fused-ring (bicyclic) bond motifs is 1. The zero-order valence-electron chi connectivity index (χ0n) is 10.8. The second kappa shape index (κ2) is 5.24. The summed E-state index contributed by atoms with van der Waals surface area (Å²) >= 11 is 7.33. The van der Waals surface area contributed by atoms with Crippen molar-refractivity contribution in [2.75, 3.05) is 18.9 Å². The number of hydrogen-bond acceptors (Lipinski definition) is 4. The van der Waals surface area contributed by atoms with Crippen LogP contribution in [-0.2, 0) is 0 Å². The number of carbonyl (C=O) groups is 1. The topological polar surface area (TPSA) is 66.6 Å². The molecule has 6 heteroatoms. The summed E-state index contributed by atoms with van der Waals surface area (Å²) in [5.74, 6) is -0.0867. The fourth-order valence-electron chi connectivity index (χ4n) is 2.32. The molecule has 1 aliphatic rings. The van der Waals surface area contributed by atoms with E-state index in [-0.39, 0.29) is 18.6 Å². The summed E-state index contributed by atoms with van der Waals surface area (Å²) in [6.07, 6.45) is 2.00. The van der Waals surface area contributed by atoms with Gasteiger partial charge in [0.1, 0.15) is 4.88 Å². The van der Waals surface area contributed by atoms with Gasteiger partial charge in [0.2, 0.25) is 0 Å². The van der Waals surface area contributed by atoms with Crippen LogP contribution in [0.25, 0.3) is 10.1 Å². The summed E-state index contributed by atoms with van der Waals surface area (Å²) < 4.78 is 0.915. The van der Waals surface area contributed by atoms with Gasteiger partial charge in [-0.2, -0.15) is 0 Å². The fraction of sp³-hybridized carbons (Fsp3) is 0.357. The van der Waals surface area contributed by atoms with Gasteiger partial charge in [-0.3, -0.25) is 4.79 Å². The van der Waals surface area contributed by atoms with Gasteiger partial charge in [-0.1, -0.05) is 11.6 Å². The molecule has 106 valence electrons. The Morgan fingerprint density at radius 3 is 2.90 bits per heavy atom. The number of rotatable bonds is 4. The molecule has 0 bridgehead atoms. The van der Waals surface area contributed by atoms with Gasteiger partial charge in [0.05, 0.1) is 12.3 Å². The molecule has 20 heavy (non-hydrogen) atoms. The summed E-state index contributed by atoms with van der Waals surface area (Å²) in [6.45, 7) is 0.330. The van der Waals surface area contributed by atoms with E-state index in [1.54, 1.807) is 11.0 Å². The first-order valence-electron chi connectivity index (χ1n) is 6.51. The number of aliphatic hydroxyl groups excluding tert-OH is 1. The first-order chi connectivity index (χ1) is 9.61. The molecule has 3 N–H and O–H groups in total. The SMILES string of the molecule is Nc1c(C(=O)N(CCO)C2CC2)sc2cc(Cl)ccc12. The minimum atomic E-state index is -0.0867. The third-order valence-corrected chi connectivity index (χ3v) is 4.87. The van der Waals surface area contributed by atoms with E-state index in [2.05, 4.69) is 0 Å². The van der Waals surface area contributed by atoms with Crippen LogP contribution in [0.1, 0.15) is 22.5 Å². The van der Waals surface area contributed by atoms with Crippen LogP contribution in [-0.4, -0.2) is 35.1 Å². The van der Waals surface area contributed by atoms with Crippen molar-refractivity contribution in [3.05, 3.63) is 28.1 Å². The molecule has 4 nitrogen and oxygen atoms in total. The van der Waals surface area contributed by atoms with Crippen molar-refractivity contribution < 1.29 is 9.90 Å². The molecule has 0 radical (unpaired) electrons. The second-order valence-electron chi connectivity index (χ2n) is 4.94. The standard InChI is InChI=1S/C14H15ClN2O2S/c15-8-1-4-10-11(7-8)20-13(12(10)16)14(19)17(5-6-18)9-2-3-9/h1,4,7,9,18H,2-3,5-6,16H2. The van der Waals surface area contributed by atoms with Gasteiger partial charge in [0.25, 0.3) is 5.91 Å². The van der Waals surface area contributed by atoms with Gasteiger partial charge in [0.15, 0.2) is 0 Å². The summed E-state index contributed by atoms with van der Waals surface area (Å²) in [6, 6.07) is 5.69. The molecule has 1 fully saturated rings. The third-order valence-electron chi connectivity index (χ3n) is 3.47. The number of aliphatic hydroxyl groups is 1. The van der Waals surface area contributed by atoms with Crippen molar-refractivity contribution in [2.24, 2.45) is 0 Å². The molecule has 1 heterocycles. The lowest BCUT2D eigenvalue weighted by Gasteiger charge is -2.20. The minimum absolute atomic E-state index is 0.0289. The van der Waals surface area contributed by atoms with Gasteiger partial charge in [-0.15, -0.1) is 11.3 Å². The number of benzene rings is 1. The molecule has 1 aromatic heterocycles. The Labute approximate surface area is 125 Å². The summed E-state index contributed by atoms with van der Waals surface area (Å²) in [7, 11) is 0. The molecule has 3 rings (SSSR count). The second-order valence-corrected chi connectivity index (χ2v) is 6.43. The predicted molar refractivity (Wildman–Crippen MR) is 82.4 cm³/mol. The quantitative estimate of drug-likeness (QED) is 0.912. The van der Waals surface area contributed by atoms with Crippen LogP contribution < -0.4 is 5.73 Å². The Kier molecular flexibility index (Phi) is 3.58. The molecule has 0 unspecified atom stereocenters. The normalized spacial score (nSPS) is 14.7. The van der Waals surface area contributed by atoms with Gasteiger partial charge >= 0.3 is 0 Å². The first-order valence-corrected chi connectivity index (χ1v) is 7.70. The Balaban J connectivity index is 2.00. The largest absolute Gasteiger partial charge is 0.397 e. The highest BCUT2D eigenvalue weighted by Gasteiger charge is 2.34. The molecular weight excluding hydrogens is 296 g/mol. The van der Waals surface area contributed by atoms with Crippen molar-refractivity contribution in [3.8, 4) is 0 Å². The zero-order valence-corrected chi connectivity index (χ0v) is 12.4. The van der Waals surface area contributed by atoms with E-state index in [1.165, 1.54) is 11.3 Å². The molecule has 1 saturated carbocycles. The van der Waals surface area contributed by atoms with E-state index in [1.807, 2.05) is 12.1 Å². The molecule has 1 amide bonds. The lowest BCUT2D eigenvalue weighted by Crippen LogP contribution is -2.35. The number of anilines is 1. The maximum Gasteiger partial charge on any atom is 0.266 e. The monoisotopic (exact) mass is 310 g/mol. The van der Waals surface area contributed by atoms with Crippen LogP contribution in [0.3, 0.4) is 0 Å². The number of thiophene rings is 1. The molecule has 0 aliphatic heterocycles. The fourth-order valence-corrected chi connectivity index (χ4v) is 3.68. The molecule has 2 aromatic rings. The van der Waals surface area contributed by atoms with Crippen LogP contribution in [0.15, 0.2) is 18.2 Å². The Bertz CT molecular complexity index is 666. The molecule has 0 atom stereocenters. The highest BCUT2D eigenvalue weighted by atomic mass is 35.5. The van der Waals surface area contributed by atoms with Crippen molar-refractivity contribution in [3.63, 3.8) is 0 Å². The lowest BCUT2D eigenvalue weighted by atomic mass is 10.2. The smallest absolute Gasteiger partial charge is 0.266 e. The number of nitrogens with zero attached hydrogens (tertiary/aromatic N) is 1. The molecule has 0 spiro atoms. The summed E-state index contributed by atoms with van der Waals surface area (Å²) in [5.41, 5.74) is 6.61. The van der Waals surface area contributed by atoms with E-state index >= 15 is 0 Å². The average molecular weight is 311 g/mol. The van der Waals surface area contributed by atoms with E-state index in [4.69, 9.17) is 22.4 Å². The third kappa shape index (κ3) is 2.37. The van der Waals surface area contributed by atoms with Crippen LogP contribution in [0.5, 0.6) is 0 Å². The van der Waals surface area contributed by atoms with Crippen LogP contribution in [0.4, 0.5) is 5.69 Å².